The second-order valence-electron chi connectivity index (χ2n) is 5.02. The minimum atomic E-state index is -1.35. The highest BCUT2D eigenvalue weighted by Crippen LogP contribution is 2.48. The molecule has 0 spiro atoms. The molecule has 0 saturated carbocycles. The molecule has 0 amide bonds. The van der Waals surface area contributed by atoms with Gasteiger partial charge < -0.3 is 5.11 Å². The molecule has 4 rings (SSSR count). The Morgan fingerprint density at radius 2 is 2.00 bits per heavy atom. The van der Waals surface area contributed by atoms with Crippen molar-refractivity contribution >= 4 is 34.8 Å². The first-order chi connectivity index (χ1) is 11.0. The molecule has 1 aromatic carbocycles. The fourth-order valence-corrected chi connectivity index (χ4v) is 4.11. The molecule has 1 aliphatic rings. The Hall–Kier alpha value is -2.31. The van der Waals surface area contributed by atoms with Crippen molar-refractivity contribution in [3.63, 3.8) is 0 Å². The zero-order valence-corrected chi connectivity index (χ0v) is 12.9. The summed E-state index contributed by atoms with van der Waals surface area (Å²) < 4.78 is 15.2. The van der Waals surface area contributed by atoms with Crippen molar-refractivity contribution in [2.75, 3.05) is 0 Å². The average molecular weight is 348 g/mol. The molecule has 114 valence electrons. The maximum atomic E-state index is 14.2. The number of pyridine rings is 2. The summed E-state index contributed by atoms with van der Waals surface area (Å²) in [5.41, 5.74) is 0.361. The molecule has 0 aliphatic carbocycles. The number of halogens is 2. The molecule has 4 nitrogen and oxygen atoms in total. The predicted molar refractivity (Wildman–Crippen MR) is 85.2 cm³/mol. The van der Waals surface area contributed by atoms with Gasteiger partial charge in [-0.05, 0) is 17.7 Å². The van der Waals surface area contributed by atoms with Gasteiger partial charge in [-0.25, -0.2) is 9.18 Å². The number of hydrogen-bond acceptors (Lipinski definition) is 3. The van der Waals surface area contributed by atoms with Crippen LogP contribution in [0.5, 0.6) is 0 Å². The van der Waals surface area contributed by atoms with E-state index in [1.807, 2.05) is 12.1 Å². The Morgan fingerprint density at radius 1 is 1.26 bits per heavy atom. The van der Waals surface area contributed by atoms with Crippen LogP contribution >= 0.6 is 23.4 Å². The summed E-state index contributed by atoms with van der Waals surface area (Å²) in [6, 6.07) is 8.58. The van der Waals surface area contributed by atoms with E-state index in [0.717, 1.165) is 21.1 Å². The topological polar surface area (TPSA) is 58.8 Å². The van der Waals surface area contributed by atoms with Crippen LogP contribution < -0.4 is 5.56 Å². The molecule has 7 heteroatoms. The first-order valence-corrected chi connectivity index (χ1v) is 7.76. The van der Waals surface area contributed by atoms with Crippen molar-refractivity contribution in [1.82, 2.24) is 4.40 Å². The molecule has 0 radical (unpaired) electrons. The lowest BCUT2D eigenvalue weighted by Crippen LogP contribution is -2.23. The van der Waals surface area contributed by atoms with E-state index in [1.54, 1.807) is 12.1 Å². The number of carboxylic acid groups (broad SMARTS) is 1. The van der Waals surface area contributed by atoms with Crippen LogP contribution in [0, 0.1) is 5.82 Å². The van der Waals surface area contributed by atoms with E-state index in [9.17, 15) is 19.1 Å². The molecule has 3 aromatic rings. The SMILES string of the molecule is O=C(O)c1cc2c3c(c(Cl)c(F)cn3c1=O)-c1ccccc1S2. The van der Waals surface area contributed by atoms with Gasteiger partial charge in [0.1, 0.15) is 5.56 Å². The molecule has 0 unspecified atom stereocenters. The summed E-state index contributed by atoms with van der Waals surface area (Å²) in [4.78, 5) is 25.0. The van der Waals surface area contributed by atoms with Crippen LogP contribution in [0.3, 0.4) is 0 Å². The van der Waals surface area contributed by atoms with E-state index in [-0.39, 0.29) is 5.02 Å². The Morgan fingerprint density at radius 3 is 2.74 bits per heavy atom. The van der Waals surface area contributed by atoms with Crippen molar-refractivity contribution in [1.29, 1.82) is 0 Å². The van der Waals surface area contributed by atoms with E-state index in [2.05, 4.69) is 0 Å². The van der Waals surface area contributed by atoms with Crippen LogP contribution in [0.4, 0.5) is 4.39 Å². The Balaban J connectivity index is 2.28. The van der Waals surface area contributed by atoms with Gasteiger partial charge in [-0.1, -0.05) is 41.6 Å². The van der Waals surface area contributed by atoms with E-state index < -0.39 is 22.9 Å². The summed E-state index contributed by atoms with van der Waals surface area (Å²) >= 11 is 7.47. The van der Waals surface area contributed by atoms with Crippen molar-refractivity contribution in [2.24, 2.45) is 0 Å². The maximum absolute atomic E-state index is 14.2. The second-order valence-corrected chi connectivity index (χ2v) is 6.48. The van der Waals surface area contributed by atoms with E-state index in [0.29, 0.717) is 16.0 Å². The van der Waals surface area contributed by atoms with E-state index >= 15 is 0 Å². The van der Waals surface area contributed by atoms with Crippen LogP contribution in [-0.2, 0) is 0 Å². The predicted octanol–water partition coefficient (Wildman–Crippen LogP) is 3.92. The third-order valence-corrected chi connectivity index (χ3v) is 5.19. The van der Waals surface area contributed by atoms with Gasteiger partial charge in [0.15, 0.2) is 5.82 Å². The average Bonchev–Trinajstić information content (AvgIpc) is 2.53. The Bertz CT molecular complexity index is 1080. The van der Waals surface area contributed by atoms with Gasteiger partial charge in [0.25, 0.3) is 5.56 Å². The Kier molecular flexibility index (Phi) is 3.01. The normalized spacial score (nSPS) is 12.3. The van der Waals surface area contributed by atoms with Gasteiger partial charge in [0.2, 0.25) is 0 Å². The Labute approximate surface area is 138 Å². The maximum Gasteiger partial charge on any atom is 0.341 e. The minimum Gasteiger partial charge on any atom is -0.477 e. The number of benzene rings is 1. The van der Waals surface area contributed by atoms with Crippen LogP contribution in [0.25, 0.3) is 16.6 Å². The van der Waals surface area contributed by atoms with Gasteiger partial charge in [-0.3, -0.25) is 9.20 Å². The summed E-state index contributed by atoms with van der Waals surface area (Å²) in [6.45, 7) is 0. The number of carbonyl (C=O) groups is 1. The summed E-state index contributed by atoms with van der Waals surface area (Å²) in [6.07, 6.45) is 0.938. The van der Waals surface area contributed by atoms with Gasteiger partial charge in [-0.15, -0.1) is 0 Å². The number of nitrogens with zero attached hydrogens (tertiary/aromatic N) is 1. The highest BCUT2D eigenvalue weighted by molar-refractivity contribution is 7.99. The zero-order valence-electron chi connectivity index (χ0n) is 11.3. The molecule has 1 aliphatic heterocycles. The van der Waals surface area contributed by atoms with Crippen molar-refractivity contribution < 1.29 is 14.3 Å². The lowest BCUT2D eigenvalue weighted by atomic mass is 10.0. The zero-order chi connectivity index (χ0) is 16.3. The standard InChI is InChI=1S/C16H7ClFNO3S/c17-13-9(18)6-19-14-11(5-8(15(19)20)16(21)22)23-10-4-2-1-3-7(10)12(13)14/h1-6H,(H,21,22). The van der Waals surface area contributed by atoms with Crippen LogP contribution in [0.15, 0.2) is 51.1 Å². The largest absolute Gasteiger partial charge is 0.477 e. The fraction of sp³-hybridized carbons (Fsp3) is 0. The van der Waals surface area contributed by atoms with Crippen LogP contribution in [0.1, 0.15) is 10.4 Å². The van der Waals surface area contributed by atoms with Gasteiger partial charge >= 0.3 is 5.97 Å². The number of fused-ring (bicyclic) bond motifs is 2. The van der Waals surface area contributed by atoms with Crippen molar-refractivity contribution in [2.45, 2.75) is 9.79 Å². The molecule has 1 N–H and O–H groups in total. The van der Waals surface area contributed by atoms with Gasteiger partial charge in [-0.2, -0.15) is 0 Å². The molecule has 0 saturated heterocycles. The third-order valence-electron chi connectivity index (χ3n) is 3.71. The smallest absolute Gasteiger partial charge is 0.341 e. The summed E-state index contributed by atoms with van der Waals surface area (Å²) in [5, 5.41) is 9.13. The lowest BCUT2D eigenvalue weighted by Gasteiger charge is -2.22. The monoisotopic (exact) mass is 347 g/mol. The molecule has 0 bridgehead atoms. The number of rotatable bonds is 1. The number of carboxylic acids is 1. The lowest BCUT2D eigenvalue weighted by molar-refractivity contribution is 0.0694. The molecule has 2 aromatic heterocycles. The van der Waals surface area contributed by atoms with Gasteiger partial charge in [0.05, 0.1) is 16.7 Å². The van der Waals surface area contributed by atoms with Crippen molar-refractivity contribution in [3.05, 3.63) is 63.3 Å². The molecular formula is C16H7ClFNO3S. The first kappa shape index (κ1) is 14.3. The quantitative estimate of drug-likeness (QED) is 0.567. The summed E-state index contributed by atoms with van der Waals surface area (Å²) in [7, 11) is 0. The summed E-state index contributed by atoms with van der Waals surface area (Å²) in [5.74, 6) is -2.12. The molecular weight excluding hydrogens is 341 g/mol. The first-order valence-electron chi connectivity index (χ1n) is 6.57. The highest BCUT2D eigenvalue weighted by Gasteiger charge is 2.27. The van der Waals surface area contributed by atoms with Crippen LogP contribution in [0.2, 0.25) is 5.02 Å². The second kappa shape index (κ2) is 4.84. The molecule has 23 heavy (non-hydrogen) atoms. The highest BCUT2D eigenvalue weighted by atomic mass is 35.5. The fourth-order valence-electron chi connectivity index (χ4n) is 2.73. The van der Waals surface area contributed by atoms with E-state index in [4.69, 9.17) is 11.6 Å². The van der Waals surface area contributed by atoms with E-state index in [1.165, 1.54) is 17.8 Å². The molecule has 0 atom stereocenters. The van der Waals surface area contributed by atoms with Gasteiger partial charge in [0, 0.05) is 15.4 Å². The van der Waals surface area contributed by atoms with Crippen LogP contribution in [-0.4, -0.2) is 15.5 Å². The minimum absolute atomic E-state index is 0.0820. The van der Waals surface area contributed by atoms with Crippen molar-refractivity contribution in [3.8, 4) is 11.1 Å². The number of hydrogen-bond donors (Lipinski definition) is 1. The number of aromatic nitrogens is 1. The molecule has 3 heterocycles. The molecule has 0 fully saturated rings. The third kappa shape index (κ3) is 1.92. The number of aromatic carboxylic acids is 1.